The van der Waals surface area contributed by atoms with E-state index in [0.29, 0.717) is 22.2 Å². The van der Waals surface area contributed by atoms with Crippen molar-refractivity contribution in [3.8, 4) is 11.5 Å². The van der Waals surface area contributed by atoms with E-state index in [4.69, 9.17) is 9.47 Å². The van der Waals surface area contributed by atoms with Crippen LogP contribution in [-0.2, 0) is 14.8 Å². The summed E-state index contributed by atoms with van der Waals surface area (Å²) in [7, 11) is -2.49. The second kappa shape index (κ2) is 7.02. The van der Waals surface area contributed by atoms with E-state index in [1.54, 1.807) is 31.4 Å². The maximum absolute atomic E-state index is 12.8. The summed E-state index contributed by atoms with van der Waals surface area (Å²) in [4.78, 5) is 25.2. The van der Waals surface area contributed by atoms with Crippen molar-refractivity contribution in [3.63, 3.8) is 0 Å². The predicted octanol–water partition coefficient (Wildman–Crippen LogP) is 2.26. The minimum Gasteiger partial charge on any atom is -0.497 e. The van der Waals surface area contributed by atoms with Crippen molar-refractivity contribution in [1.29, 1.82) is 0 Å². The van der Waals surface area contributed by atoms with Crippen molar-refractivity contribution in [3.05, 3.63) is 53.6 Å². The molecule has 2 heterocycles. The van der Waals surface area contributed by atoms with Gasteiger partial charge in [-0.1, -0.05) is 12.1 Å². The Bertz CT molecular complexity index is 1140. The van der Waals surface area contributed by atoms with E-state index in [2.05, 4.69) is 5.32 Å². The Hall–Kier alpha value is -3.07. The zero-order chi connectivity index (χ0) is 21.7. The van der Waals surface area contributed by atoms with Gasteiger partial charge in [-0.15, -0.1) is 0 Å². The molecular formula is C21H22N2O6S. The van der Waals surface area contributed by atoms with Crippen LogP contribution in [0.3, 0.4) is 0 Å². The first kappa shape index (κ1) is 20.2. The molecule has 30 heavy (non-hydrogen) atoms. The van der Waals surface area contributed by atoms with Crippen LogP contribution in [0.5, 0.6) is 11.5 Å². The van der Waals surface area contributed by atoms with Crippen molar-refractivity contribution in [2.75, 3.05) is 13.7 Å². The molecule has 2 aliphatic heterocycles. The van der Waals surface area contributed by atoms with E-state index in [9.17, 15) is 18.0 Å². The van der Waals surface area contributed by atoms with Crippen LogP contribution in [0.2, 0.25) is 0 Å². The van der Waals surface area contributed by atoms with E-state index in [1.165, 1.54) is 12.1 Å². The Kier molecular flexibility index (Phi) is 4.73. The number of hydrogen-bond acceptors (Lipinski definition) is 6. The summed E-state index contributed by atoms with van der Waals surface area (Å²) in [6.45, 7) is 3.22. The lowest BCUT2D eigenvalue weighted by Crippen LogP contribution is -2.45. The first-order valence-electron chi connectivity index (χ1n) is 9.45. The molecule has 8 nitrogen and oxygen atoms in total. The van der Waals surface area contributed by atoms with Crippen LogP contribution in [0.25, 0.3) is 0 Å². The Morgan fingerprint density at radius 3 is 2.70 bits per heavy atom. The number of fused-ring (bicyclic) bond motifs is 2. The lowest BCUT2D eigenvalue weighted by molar-refractivity contribution is -0.122. The highest BCUT2D eigenvalue weighted by atomic mass is 32.2. The average molecular weight is 430 g/mol. The Morgan fingerprint density at radius 2 is 2.00 bits per heavy atom. The summed E-state index contributed by atoms with van der Waals surface area (Å²) in [5, 5.41) is 2.86. The van der Waals surface area contributed by atoms with E-state index in [-0.39, 0.29) is 10.5 Å². The number of amides is 2. The SMILES string of the molecule is COc1ccc2c(c1)OC(C)(C)C[C@@H]2NC(=O)CN1C(=O)c2ccccc2S1(=O)=O. The fourth-order valence-corrected chi connectivity index (χ4v) is 5.37. The molecule has 0 unspecified atom stereocenters. The van der Waals surface area contributed by atoms with Crippen LogP contribution >= 0.6 is 0 Å². The van der Waals surface area contributed by atoms with E-state index in [0.717, 1.165) is 5.56 Å². The smallest absolute Gasteiger partial charge is 0.269 e. The number of rotatable bonds is 4. The predicted molar refractivity (Wildman–Crippen MR) is 108 cm³/mol. The number of ether oxygens (including phenoxy) is 2. The van der Waals surface area contributed by atoms with Crippen LogP contribution < -0.4 is 14.8 Å². The molecule has 0 bridgehead atoms. The number of carbonyl (C=O) groups excluding carboxylic acids is 2. The molecule has 0 aliphatic carbocycles. The maximum atomic E-state index is 12.8. The molecule has 0 saturated heterocycles. The minimum atomic E-state index is -4.04. The topological polar surface area (TPSA) is 102 Å². The molecule has 2 amide bonds. The summed E-state index contributed by atoms with van der Waals surface area (Å²) in [5.41, 5.74) is 0.292. The molecule has 4 rings (SSSR count). The zero-order valence-electron chi connectivity index (χ0n) is 16.8. The molecule has 0 saturated carbocycles. The lowest BCUT2D eigenvalue weighted by atomic mass is 9.89. The highest BCUT2D eigenvalue weighted by molar-refractivity contribution is 7.90. The molecule has 1 atom stereocenters. The monoisotopic (exact) mass is 430 g/mol. The second-order valence-corrected chi connectivity index (χ2v) is 9.73. The van der Waals surface area contributed by atoms with Gasteiger partial charge >= 0.3 is 0 Å². The van der Waals surface area contributed by atoms with Crippen molar-refractivity contribution >= 4 is 21.8 Å². The number of nitrogens with one attached hydrogen (secondary N) is 1. The fourth-order valence-electron chi connectivity index (χ4n) is 3.85. The van der Waals surface area contributed by atoms with Gasteiger partial charge in [0, 0.05) is 18.1 Å². The van der Waals surface area contributed by atoms with E-state index >= 15 is 0 Å². The lowest BCUT2D eigenvalue weighted by Gasteiger charge is -2.38. The number of benzene rings is 2. The molecule has 2 aliphatic rings. The molecule has 0 radical (unpaired) electrons. The zero-order valence-corrected chi connectivity index (χ0v) is 17.7. The van der Waals surface area contributed by atoms with Gasteiger partial charge in [0.2, 0.25) is 5.91 Å². The average Bonchev–Trinajstić information content (AvgIpc) is 2.87. The van der Waals surface area contributed by atoms with Gasteiger partial charge in [-0.3, -0.25) is 9.59 Å². The van der Waals surface area contributed by atoms with Gasteiger partial charge in [0.05, 0.1) is 18.7 Å². The summed E-state index contributed by atoms with van der Waals surface area (Å²) in [5.74, 6) is -0.0429. The van der Waals surface area contributed by atoms with Gasteiger partial charge in [0.25, 0.3) is 15.9 Å². The van der Waals surface area contributed by atoms with Crippen LogP contribution in [0, 0.1) is 0 Å². The van der Waals surface area contributed by atoms with Gasteiger partial charge in [-0.25, -0.2) is 12.7 Å². The van der Waals surface area contributed by atoms with Crippen molar-refractivity contribution in [2.45, 2.75) is 36.8 Å². The first-order chi connectivity index (χ1) is 14.1. The number of sulfonamides is 1. The van der Waals surface area contributed by atoms with Crippen molar-refractivity contribution in [1.82, 2.24) is 9.62 Å². The van der Waals surface area contributed by atoms with Gasteiger partial charge in [0.1, 0.15) is 28.5 Å². The highest BCUT2D eigenvalue weighted by Gasteiger charge is 2.42. The second-order valence-electron chi connectivity index (χ2n) is 7.90. The minimum absolute atomic E-state index is 0.0764. The summed E-state index contributed by atoms with van der Waals surface area (Å²) >= 11 is 0. The van der Waals surface area contributed by atoms with Gasteiger partial charge < -0.3 is 14.8 Å². The highest BCUT2D eigenvalue weighted by Crippen LogP contribution is 2.41. The standard InChI is InChI=1S/C21H22N2O6S/c1-21(2)11-16(14-9-8-13(28-3)10-17(14)29-21)22-19(24)12-23-20(25)15-6-4-5-7-18(15)30(23,26)27/h4-10,16H,11-12H2,1-3H3,(H,22,24)/t16-/m0/s1. The molecule has 1 N–H and O–H groups in total. The number of hydrogen-bond donors (Lipinski definition) is 1. The van der Waals surface area contributed by atoms with Gasteiger partial charge in [0.15, 0.2) is 0 Å². The Labute approximate surface area is 174 Å². The van der Waals surface area contributed by atoms with E-state index in [1.807, 2.05) is 19.9 Å². The van der Waals surface area contributed by atoms with Gasteiger partial charge in [-0.2, -0.15) is 0 Å². The maximum Gasteiger partial charge on any atom is 0.269 e. The largest absolute Gasteiger partial charge is 0.497 e. The van der Waals surface area contributed by atoms with Crippen LogP contribution in [0.1, 0.15) is 42.2 Å². The van der Waals surface area contributed by atoms with Crippen molar-refractivity contribution in [2.24, 2.45) is 0 Å². The third-order valence-electron chi connectivity index (χ3n) is 5.21. The third-order valence-corrected chi connectivity index (χ3v) is 7.00. The molecular weight excluding hydrogens is 408 g/mol. The third kappa shape index (κ3) is 3.39. The van der Waals surface area contributed by atoms with Crippen molar-refractivity contribution < 1.29 is 27.5 Å². The fraction of sp³-hybridized carbons (Fsp3) is 0.333. The molecule has 0 fully saturated rings. The van der Waals surface area contributed by atoms with Gasteiger partial charge in [-0.05, 0) is 38.1 Å². The normalized spacial score (nSPS) is 20.7. The molecule has 0 aromatic heterocycles. The summed E-state index contributed by atoms with van der Waals surface area (Å²) in [6, 6.07) is 10.9. The van der Waals surface area contributed by atoms with Crippen LogP contribution in [0.4, 0.5) is 0 Å². The Balaban J connectivity index is 1.56. The summed E-state index contributed by atoms with van der Waals surface area (Å²) < 4.78 is 37.2. The van der Waals surface area contributed by atoms with Crippen LogP contribution in [-0.4, -0.2) is 43.8 Å². The summed E-state index contributed by atoms with van der Waals surface area (Å²) in [6.07, 6.45) is 0.485. The quantitative estimate of drug-likeness (QED) is 0.798. The van der Waals surface area contributed by atoms with E-state index < -0.39 is 40.0 Å². The number of nitrogens with zero attached hydrogens (tertiary/aromatic N) is 1. The Morgan fingerprint density at radius 1 is 1.27 bits per heavy atom. The molecule has 0 spiro atoms. The first-order valence-corrected chi connectivity index (χ1v) is 10.9. The molecule has 2 aromatic carbocycles. The number of methoxy groups -OCH3 is 1. The van der Waals surface area contributed by atoms with Crippen LogP contribution in [0.15, 0.2) is 47.4 Å². The number of carbonyl (C=O) groups is 2. The molecule has 158 valence electrons. The molecule has 2 aromatic rings. The molecule has 9 heteroatoms.